The van der Waals surface area contributed by atoms with Gasteiger partial charge in [0.1, 0.15) is 29.3 Å². The molecule has 80 heavy (non-hydrogen) atoms. The zero-order chi connectivity index (χ0) is 59.6. The first-order chi connectivity index (χ1) is 37.5. The number of hydrogen-bond donors (Lipinski definition) is 6. The monoisotopic (exact) mass is 1300 g/mol. The van der Waals surface area contributed by atoms with Crippen molar-refractivity contribution in [2.45, 2.75) is 123 Å². The van der Waals surface area contributed by atoms with E-state index in [1.54, 1.807) is 57.6 Å². The van der Waals surface area contributed by atoms with Gasteiger partial charge in [-0.3, -0.25) is 24.0 Å². The van der Waals surface area contributed by atoms with Crippen molar-refractivity contribution < 1.29 is 47.7 Å². The third kappa shape index (κ3) is 20.2. The lowest BCUT2D eigenvalue weighted by Gasteiger charge is -2.32. The Morgan fingerprint density at radius 1 is 0.713 bits per heavy atom. The summed E-state index contributed by atoms with van der Waals surface area (Å²) >= 11 is 9.48. The van der Waals surface area contributed by atoms with Crippen molar-refractivity contribution in [3.05, 3.63) is 177 Å². The second-order valence-corrected chi connectivity index (χ2v) is 21.8. The molecule has 1 aromatic carbocycles. The number of Topliss-reactive ketones (excluding diaryl/α,β-unsaturated/α-hetero) is 1. The number of halogens is 5. The molecule has 1 aliphatic heterocycles. The van der Waals surface area contributed by atoms with Crippen LogP contribution in [0, 0.1) is 11.6 Å². The number of nitrogen functional groups attached to an aromatic ring is 1. The molecule has 0 aliphatic carbocycles. The van der Waals surface area contributed by atoms with Crippen LogP contribution >= 0.6 is 47.8 Å². The van der Waals surface area contributed by atoms with Gasteiger partial charge in [-0.1, -0.05) is 28.1 Å². The average Bonchev–Trinajstić information content (AvgIpc) is 4.00. The van der Waals surface area contributed by atoms with Gasteiger partial charge in [-0.15, -0.1) is 0 Å². The number of aromatic amines is 1. The van der Waals surface area contributed by atoms with Gasteiger partial charge in [-0.25, -0.2) is 23.7 Å². The summed E-state index contributed by atoms with van der Waals surface area (Å²) in [5.74, 6) is -2.21. The van der Waals surface area contributed by atoms with E-state index < -0.39 is 54.1 Å². The lowest BCUT2D eigenvalue weighted by atomic mass is 9.80. The molecular formula is C54H64BBr3F2N8O12. The number of aliphatic hydroxyl groups excluding tert-OH is 4. The molecule has 1 fully saturated rings. The second kappa shape index (κ2) is 30.6. The van der Waals surface area contributed by atoms with Crippen molar-refractivity contribution in [2.75, 3.05) is 11.1 Å². The second-order valence-electron chi connectivity index (χ2n) is 19.3. The quantitative estimate of drug-likeness (QED) is 0.0388. The van der Waals surface area contributed by atoms with Gasteiger partial charge in [0.2, 0.25) is 11.4 Å². The molecule has 1 saturated heterocycles. The van der Waals surface area contributed by atoms with Crippen LogP contribution in [0.15, 0.2) is 137 Å². The van der Waals surface area contributed by atoms with E-state index >= 15 is 0 Å². The van der Waals surface area contributed by atoms with E-state index in [0.29, 0.717) is 17.4 Å². The number of aliphatic hydroxyl groups is 4. The van der Waals surface area contributed by atoms with Gasteiger partial charge in [0, 0.05) is 80.9 Å². The number of hydrogen-bond acceptors (Lipinski definition) is 16. The molecule has 26 heteroatoms. The van der Waals surface area contributed by atoms with Crippen molar-refractivity contribution in [3.8, 4) is 22.8 Å². The summed E-state index contributed by atoms with van der Waals surface area (Å²) in [5.41, 5.74) is 5.57. The molecule has 0 saturated carbocycles. The number of alkyl halides is 1. The van der Waals surface area contributed by atoms with Gasteiger partial charge >= 0.3 is 7.12 Å². The third-order valence-electron chi connectivity index (χ3n) is 11.6. The lowest BCUT2D eigenvalue weighted by molar-refractivity contribution is 0.00578. The Morgan fingerprint density at radius 2 is 1.23 bits per heavy atom. The topological polar surface area (TPSA) is 293 Å². The van der Waals surface area contributed by atoms with Gasteiger partial charge in [-0.2, -0.15) is 0 Å². The molecule has 6 aromatic heterocycles. The van der Waals surface area contributed by atoms with Crippen LogP contribution in [0.25, 0.3) is 22.8 Å². The molecule has 4 unspecified atom stereocenters. The number of nitrogens with one attached hydrogen (secondary N) is 1. The van der Waals surface area contributed by atoms with Crippen LogP contribution in [0.1, 0.15) is 77.9 Å². The van der Waals surface area contributed by atoms with Crippen LogP contribution in [-0.2, 0) is 35.4 Å². The maximum absolute atomic E-state index is 14.0. The highest BCUT2D eigenvalue weighted by atomic mass is 79.9. The number of carbonyl (C=O) groups excluding carboxylic acids is 1. The number of oxazole rings is 1. The summed E-state index contributed by atoms with van der Waals surface area (Å²) in [4.78, 5) is 73.6. The summed E-state index contributed by atoms with van der Waals surface area (Å²) in [5, 5.41) is 37.2. The van der Waals surface area contributed by atoms with Crippen molar-refractivity contribution in [3.63, 3.8) is 0 Å². The summed E-state index contributed by atoms with van der Waals surface area (Å²) < 4.78 is 51.1. The van der Waals surface area contributed by atoms with Crippen molar-refractivity contribution in [1.29, 1.82) is 0 Å². The Hall–Kier alpha value is -6.10. The maximum atomic E-state index is 14.0. The molecule has 8 rings (SSSR count). The first kappa shape index (κ1) is 66.4. The van der Waals surface area contributed by atoms with Crippen molar-refractivity contribution in [1.82, 2.24) is 33.6 Å². The summed E-state index contributed by atoms with van der Waals surface area (Å²) in [6, 6.07) is 15.7. The Balaban J connectivity index is 0.000000255. The van der Waals surface area contributed by atoms with Crippen LogP contribution < -0.4 is 33.4 Å². The Kier molecular flexibility index (Phi) is 25.4. The molecule has 0 bridgehead atoms. The molecule has 4 atom stereocenters. The molecule has 0 spiro atoms. The lowest BCUT2D eigenvalue weighted by Crippen LogP contribution is -2.41. The fourth-order valence-corrected chi connectivity index (χ4v) is 7.61. The van der Waals surface area contributed by atoms with Gasteiger partial charge < -0.3 is 58.6 Å². The minimum absolute atomic E-state index is 0.0312. The highest BCUT2D eigenvalue weighted by Crippen LogP contribution is 2.36. The standard InChI is InChI=1S/C24H21F2N5O4.C14H22BNO4.C8H10BrNO2.C5H4BrNO.C3H7BrO/c1-13(32)11-31-12-14(5-8-19(31)34)20-22(24-28-9-10-35-24)30-23(27)21(29-20)18(33)7-6-15-16(25)3-2-4-17(15)26;1-10(17)8-16-9-11(6-7-12(16)18)15-19-13(2,3)14(4,5)20-15;1-6(11)4-10-5-7(9)2-3-8(10)12;6-4-1-2-5(8)7-3-4;1-3(5)2-4/h2-5,8-10,12-13,32H,6-7,11H2,1H3,(H2,27,30);6-7,9-10,17H,8H2,1-5H3;2-3,5-6,11H,4H2,1H3;1-3H,(H,7,8);3,5H,2H2,1H3. The summed E-state index contributed by atoms with van der Waals surface area (Å²) in [6.07, 6.45) is 6.60. The minimum Gasteiger partial charge on any atom is -0.443 e. The third-order valence-corrected chi connectivity index (χ3v) is 13.5. The SMILES string of the molecule is CC(O)CBr.CC(O)Cn1cc(-c2nc(C(=O)CCc3c(F)cccc3F)c(N)nc2-c2ncco2)ccc1=O.CC(O)Cn1cc(B2OC(C)(C)C(C)(C)O2)ccc1=O.CC(O)Cn1cc(Br)ccc1=O.O=c1ccc(Br)c[nH]1. The van der Waals surface area contributed by atoms with E-state index in [-0.39, 0.29) is 88.6 Å². The Bertz CT molecular complexity index is 3330. The molecule has 20 nitrogen and oxygen atoms in total. The van der Waals surface area contributed by atoms with Crippen molar-refractivity contribution >= 4 is 72.0 Å². The highest BCUT2D eigenvalue weighted by Gasteiger charge is 2.51. The first-order valence-corrected chi connectivity index (χ1v) is 27.5. The normalized spacial score (nSPS) is 14.5. The highest BCUT2D eigenvalue weighted by molar-refractivity contribution is 9.10. The zero-order valence-electron chi connectivity index (χ0n) is 45.1. The predicted octanol–water partition coefficient (Wildman–Crippen LogP) is 6.44. The molecule has 7 heterocycles. The molecule has 0 radical (unpaired) electrons. The number of H-pyrrole nitrogens is 1. The number of nitrogens with zero attached hydrogens (tertiary/aromatic N) is 6. The molecular weight excluding hydrogens is 1240 g/mol. The smallest absolute Gasteiger partial charge is 0.443 e. The maximum Gasteiger partial charge on any atom is 0.496 e. The number of anilines is 1. The minimum atomic E-state index is -0.789. The molecule has 1 aliphatic rings. The van der Waals surface area contributed by atoms with Gasteiger partial charge in [-0.05, 0) is 129 Å². The Morgan fingerprint density at radius 3 is 1.71 bits per heavy atom. The predicted molar refractivity (Wildman–Crippen MR) is 311 cm³/mol. The number of benzene rings is 1. The van der Waals surface area contributed by atoms with Crippen LogP contribution in [0.5, 0.6) is 0 Å². The van der Waals surface area contributed by atoms with Gasteiger partial charge in [0.15, 0.2) is 17.3 Å². The fourth-order valence-electron chi connectivity index (χ4n) is 6.99. The fraction of sp³-hybridized carbons (Fsp3) is 0.370. The average molecular weight is 1310 g/mol. The van der Waals surface area contributed by atoms with Gasteiger partial charge in [0.05, 0.1) is 61.4 Å². The number of carbonyl (C=O) groups is 1. The number of pyridine rings is 4. The zero-order valence-corrected chi connectivity index (χ0v) is 49.9. The largest absolute Gasteiger partial charge is 0.496 e. The number of aromatic nitrogens is 7. The summed E-state index contributed by atoms with van der Waals surface area (Å²) in [7, 11) is -0.499. The van der Waals surface area contributed by atoms with E-state index in [1.165, 1.54) is 75.7 Å². The Labute approximate surface area is 485 Å². The molecule has 7 aromatic rings. The molecule has 430 valence electrons. The molecule has 0 amide bonds. The number of ketones is 1. The number of rotatable bonds is 14. The van der Waals surface area contributed by atoms with E-state index in [2.05, 4.69) is 67.7 Å². The first-order valence-electron chi connectivity index (χ1n) is 24.8. The van der Waals surface area contributed by atoms with Crippen LogP contribution in [-0.4, -0.2) is 108 Å². The van der Waals surface area contributed by atoms with Crippen LogP contribution in [0.4, 0.5) is 14.6 Å². The van der Waals surface area contributed by atoms with E-state index in [9.17, 15) is 43.0 Å². The van der Waals surface area contributed by atoms with E-state index in [0.717, 1.165) is 26.5 Å². The van der Waals surface area contributed by atoms with Crippen LogP contribution in [0.2, 0.25) is 0 Å². The number of nitrogens with two attached hydrogens (primary N) is 1. The van der Waals surface area contributed by atoms with Crippen molar-refractivity contribution in [2.24, 2.45) is 0 Å². The summed E-state index contributed by atoms with van der Waals surface area (Å²) in [6.45, 7) is 15.1. The van der Waals surface area contributed by atoms with Gasteiger partial charge in [0.25, 0.3) is 16.7 Å². The van der Waals surface area contributed by atoms with Crippen LogP contribution in [0.3, 0.4) is 0 Å². The molecule has 7 N–H and O–H groups in total. The van der Waals surface area contributed by atoms with E-state index in [1.807, 2.05) is 27.7 Å². The van der Waals surface area contributed by atoms with E-state index in [4.69, 9.17) is 29.7 Å².